The number of rotatable bonds is 1. The molecule has 68 valence electrons. The van der Waals surface area contributed by atoms with E-state index in [9.17, 15) is 4.79 Å². The lowest BCUT2D eigenvalue weighted by Crippen LogP contribution is -2.56. The van der Waals surface area contributed by atoms with Gasteiger partial charge in [-0.05, 0) is 13.8 Å². The minimum absolute atomic E-state index is 0.0395. The van der Waals surface area contributed by atoms with Gasteiger partial charge in [-0.15, -0.1) is 0 Å². The van der Waals surface area contributed by atoms with Gasteiger partial charge >= 0.3 is 0 Å². The van der Waals surface area contributed by atoms with E-state index in [0.717, 1.165) is 0 Å². The molecule has 0 aromatic rings. The molecule has 0 saturated carbocycles. The molecule has 2 heterocycles. The fourth-order valence-electron chi connectivity index (χ4n) is 1.52. The summed E-state index contributed by atoms with van der Waals surface area (Å²) in [6.07, 6.45) is 0.613. The molecule has 0 aromatic heterocycles. The second kappa shape index (κ2) is 2.44. The van der Waals surface area contributed by atoms with Crippen LogP contribution in [0.25, 0.3) is 0 Å². The van der Waals surface area contributed by atoms with Gasteiger partial charge in [0.2, 0.25) is 5.91 Å². The molecule has 0 aromatic carbocycles. The third-order valence-corrected chi connectivity index (χ3v) is 2.23. The number of carbonyl (C=O) groups excluding carboxylic acids is 1. The fraction of sp³-hybridized carbons (Fsp3) is 0.875. The average Bonchev–Trinajstić information content (AvgIpc) is 2.23. The van der Waals surface area contributed by atoms with Gasteiger partial charge in [-0.3, -0.25) is 4.79 Å². The van der Waals surface area contributed by atoms with Crippen molar-refractivity contribution in [3.63, 3.8) is 0 Å². The molecule has 1 N–H and O–H groups in total. The topological polar surface area (TPSA) is 47.6 Å². The Hall–Kier alpha value is -0.610. The molecule has 2 rings (SSSR count). The number of amides is 1. The number of nitrogens with one attached hydrogen (secondary N) is 1. The lowest BCUT2D eigenvalue weighted by Gasteiger charge is -2.31. The molecule has 2 aliphatic rings. The molecule has 2 fully saturated rings. The Morgan fingerprint density at radius 1 is 1.58 bits per heavy atom. The minimum Gasteiger partial charge on any atom is -0.350 e. The van der Waals surface area contributed by atoms with Gasteiger partial charge in [-0.25, -0.2) is 0 Å². The molecule has 4 heteroatoms. The fourth-order valence-corrected chi connectivity index (χ4v) is 1.52. The first-order valence-electron chi connectivity index (χ1n) is 4.18. The predicted molar refractivity (Wildman–Crippen MR) is 41.5 cm³/mol. The van der Waals surface area contributed by atoms with Gasteiger partial charge in [0, 0.05) is 6.42 Å². The SMILES string of the molecule is CC1(C)OC[C@@H](C2CC(=O)N2)O1. The minimum atomic E-state index is -0.481. The highest BCUT2D eigenvalue weighted by molar-refractivity contribution is 5.83. The molecule has 1 unspecified atom stereocenters. The largest absolute Gasteiger partial charge is 0.350 e. The molecule has 12 heavy (non-hydrogen) atoms. The zero-order valence-corrected chi connectivity index (χ0v) is 7.29. The van der Waals surface area contributed by atoms with Crippen molar-refractivity contribution in [2.45, 2.75) is 38.2 Å². The predicted octanol–water partition coefficient (Wildman–Crippen LogP) is 0.0264. The van der Waals surface area contributed by atoms with Crippen LogP contribution in [0.4, 0.5) is 0 Å². The van der Waals surface area contributed by atoms with E-state index in [1.165, 1.54) is 0 Å². The maximum absolute atomic E-state index is 10.6. The van der Waals surface area contributed by atoms with Crippen molar-refractivity contribution in [1.29, 1.82) is 0 Å². The summed E-state index contributed by atoms with van der Waals surface area (Å²) in [5.74, 6) is -0.376. The van der Waals surface area contributed by atoms with E-state index in [4.69, 9.17) is 9.47 Å². The highest BCUT2D eigenvalue weighted by atomic mass is 16.7. The van der Waals surface area contributed by atoms with Gasteiger partial charge in [-0.2, -0.15) is 0 Å². The van der Waals surface area contributed by atoms with Crippen molar-refractivity contribution in [3.05, 3.63) is 0 Å². The molecule has 0 bridgehead atoms. The Morgan fingerprint density at radius 3 is 2.67 bits per heavy atom. The van der Waals surface area contributed by atoms with E-state index < -0.39 is 5.79 Å². The third-order valence-electron chi connectivity index (χ3n) is 2.23. The van der Waals surface area contributed by atoms with Gasteiger partial charge in [0.15, 0.2) is 5.79 Å². The van der Waals surface area contributed by atoms with Gasteiger partial charge in [-0.1, -0.05) is 0 Å². The number of β-lactam (4-membered cyclic amide) rings is 1. The van der Waals surface area contributed by atoms with E-state index in [1.807, 2.05) is 13.8 Å². The van der Waals surface area contributed by atoms with E-state index in [-0.39, 0.29) is 18.1 Å². The van der Waals surface area contributed by atoms with Crippen LogP contribution in [0.5, 0.6) is 0 Å². The van der Waals surface area contributed by atoms with Crippen LogP contribution in [-0.2, 0) is 14.3 Å². The summed E-state index contributed by atoms with van der Waals surface area (Å²) in [5, 5.41) is 2.78. The average molecular weight is 171 g/mol. The van der Waals surface area contributed by atoms with Crippen LogP contribution in [0.15, 0.2) is 0 Å². The smallest absolute Gasteiger partial charge is 0.222 e. The lowest BCUT2D eigenvalue weighted by atomic mass is 10.0. The molecular formula is C8H13NO3. The summed E-state index contributed by atoms with van der Waals surface area (Å²) in [5.41, 5.74) is 0. The van der Waals surface area contributed by atoms with Crippen LogP contribution in [0.3, 0.4) is 0 Å². The van der Waals surface area contributed by atoms with E-state index in [1.54, 1.807) is 0 Å². The maximum atomic E-state index is 10.6. The van der Waals surface area contributed by atoms with Crippen LogP contribution in [-0.4, -0.2) is 30.4 Å². The normalized spacial score (nSPS) is 39.0. The summed E-state index contributed by atoms with van der Waals surface area (Å²) in [6, 6.07) is 0.166. The van der Waals surface area contributed by atoms with Crippen LogP contribution in [0.1, 0.15) is 20.3 Å². The number of ether oxygens (including phenoxy) is 2. The third kappa shape index (κ3) is 1.32. The first kappa shape index (κ1) is 8.01. The summed E-state index contributed by atoms with van der Waals surface area (Å²) in [4.78, 5) is 10.6. The molecule has 2 atom stereocenters. The number of carbonyl (C=O) groups is 1. The van der Waals surface area contributed by atoms with Crippen molar-refractivity contribution >= 4 is 5.91 Å². The second-order valence-corrected chi connectivity index (χ2v) is 3.75. The first-order chi connectivity index (χ1) is 5.57. The van der Waals surface area contributed by atoms with Gasteiger partial charge in [0.25, 0.3) is 0 Å². The van der Waals surface area contributed by atoms with Crippen LogP contribution >= 0.6 is 0 Å². The number of hydrogen-bond donors (Lipinski definition) is 1. The molecular weight excluding hydrogens is 158 g/mol. The monoisotopic (exact) mass is 171 g/mol. The molecule has 4 nitrogen and oxygen atoms in total. The number of hydrogen-bond acceptors (Lipinski definition) is 3. The molecule has 0 aliphatic carbocycles. The van der Waals surface area contributed by atoms with Crippen molar-refractivity contribution in [1.82, 2.24) is 5.32 Å². The van der Waals surface area contributed by atoms with Crippen molar-refractivity contribution in [2.75, 3.05) is 6.61 Å². The summed E-state index contributed by atoms with van der Waals surface area (Å²) < 4.78 is 10.9. The van der Waals surface area contributed by atoms with Crippen LogP contribution in [0.2, 0.25) is 0 Å². The van der Waals surface area contributed by atoms with Crippen LogP contribution in [0, 0.1) is 0 Å². The second-order valence-electron chi connectivity index (χ2n) is 3.75. The van der Waals surface area contributed by atoms with Crippen molar-refractivity contribution < 1.29 is 14.3 Å². The Morgan fingerprint density at radius 2 is 2.25 bits per heavy atom. The highest BCUT2D eigenvalue weighted by Gasteiger charge is 2.42. The lowest BCUT2D eigenvalue weighted by molar-refractivity contribution is -0.150. The molecule has 0 spiro atoms. The Labute approximate surface area is 71.2 Å². The maximum Gasteiger partial charge on any atom is 0.222 e. The Balaban J connectivity index is 1.88. The molecule has 2 aliphatic heterocycles. The molecule has 2 saturated heterocycles. The Kier molecular flexibility index (Phi) is 1.63. The summed E-state index contributed by atoms with van der Waals surface area (Å²) >= 11 is 0. The molecule has 0 radical (unpaired) electrons. The van der Waals surface area contributed by atoms with E-state index >= 15 is 0 Å². The van der Waals surface area contributed by atoms with Gasteiger partial charge in [0.1, 0.15) is 6.10 Å². The summed E-state index contributed by atoms with van der Waals surface area (Å²) in [7, 11) is 0. The van der Waals surface area contributed by atoms with Gasteiger partial charge in [0.05, 0.1) is 12.6 Å². The van der Waals surface area contributed by atoms with Gasteiger partial charge < -0.3 is 14.8 Å². The van der Waals surface area contributed by atoms with Crippen LogP contribution < -0.4 is 5.32 Å². The zero-order chi connectivity index (χ0) is 8.77. The van der Waals surface area contributed by atoms with E-state index in [2.05, 4.69) is 5.32 Å². The Bertz CT molecular complexity index is 206. The molecule has 1 amide bonds. The summed E-state index contributed by atoms with van der Waals surface area (Å²) in [6.45, 7) is 4.35. The standard InChI is InChI=1S/C8H13NO3/c1-8(2)11-4-6(12-8)5-3-7(10)9-5/h5-6H,3-4H2,1-2H3,(H,9,10)/t5?,6-/m0/s1. The van der Waals surface area contributed by atoms with Crippen molar-refractivity contribution in [2.24, 2.45) is 0 Å². The first-order valence-corrected chi connectivity index (χ1v) is 4.18. The van der Waals surface area contributed by atoms with Crippen molar-refractivity contribution in [3.8, 4) is 0 Å². The zero-order valence-electron chi connectivity index (χ0n) is 7.29. The quantitative estimate of drug-likeness (QED) is 0.566. The highest BCUT2D eigenvalue weighted by Crippen LogP contribution is 2.27. The van der Waals surface area contributed by atoms with E-state index in [0.29, 0.717) is 13.0 Å².